The van der Waals surface area contributed by atoms with Crippen LogP contribution in [0.2, 0.25) is 0 Å². The highest BCUT2D eigenvalue weighted by molar-refractivity contribution is 5.80. The average molecular weight is 234 g/mol. The van der Waals surface area contributed by atoms with Gasteiger partial charge in [0.25, 0.3) is 0 Å². The molecule has 1 aromatic rings. The normalized spacial score (nSPS) is 11.1. The molecular weight excluding hydrogens is 216 g/mol. The molecule has 0 aliphatic rings. The molecule has 0 aliphatic carbocycles. The first-order valence-electron chi connectivity index (χ1n) is 5.43. The molecule has 17 heavy (non-hydrogen) atoms. The molecule has 1 rings (SSSR count). The second-order valence-electron chi connectivity index (χ2n) is 3.59. The summed E-state index contributed by atoms with van der Waals surface area (Å²) in [6, 6.07) is 5.75. The molecule has 0 heterocycles. The van der Waals surface area contributed by atoms with E-state index in [0.29, 0.717) is 18.3 Å². The van der Waals surface area contributed by atoms with E-state index in [1.807, 2.05) is 32.0 Å². The van der Waals surface area contributed by atoms with Gasteiger partial charge in [0.2, 0.25) is 5.90 Å². The molecule has 0 unspecified atom stereocenters. The summed E-state index contributed by atoms with van der Waals surface area (Å²) >= 11 is 0. The van der Waals surface area contributed by atoms with Gasteiger partial charge in [-0.3, -0.25) is 0 Å². The Labute approximate surface area is 102 Å². The van der Waals surface area contributed by atoms with Gasteiger partial charge in [-0.15, -0.1) is 5.10 Å². The van der Waals surface area contributed by atoms with E-state index in [4.69, 9.17) is 15.3 Å². The van der Waals surface area contributed by atoms with Crippen LogP contribution in [0.5, 0.6) is 5.75 Å². The molecule has 0 amide bonds. The Morgan fingerprint density at radius 3 is 2.71 bits per heavy atom. The number of hydrazone groups is 1. The van der Waals surface area contributed by atoms with E-state index < -0.39 is 0 Å². The predicted octanol–water partition coefficient (Wildman–Crippen LogP) is 2.67. The Morgan fingerprint density at radius 1 is 1.47 bits per heavy atom. The van der Waals surface area contributed by atoms with Crippen LogP contribution in [0, 0.1) is 6.92 Å². The summed E-state index contributed by atoms with van der Waals surface area (Å²) in [4.78, 5) is 0. The third kappa shape index (κ3) is 3.52. The summed E-state index contributed by atoms with van der Waals surface area (Å²) in [5, 5.41) is 3.43. The summed E-state index contributed by atoms with van der Waals surface area (Å²) < 4.78 is 10.8. The van der Waals surface area contributed by atoms with Gasteiger partial charge in [0.15, 0.2) is 0 Å². The van der Waals surface area contributed by atoms with E-state index >= 15 is 0 Å². The van der Waals surface area contributed by atoms with E-state index in [1.165, 1.54) is 0 Å². The second-order valence-corrected chi connectivity index (χ2v) is 3.59. The molecule has 4 nitrogen and oxygen atoms in total. The minimum Gasteiger partial charge on any atom is -0.494 e. The average Bonchev–Trinajstić information content (AvgIpc) is 2.31. The largest absolute Gasteiger partial charge is 0.494 e. The molecule has 1 aromatic carbocycles. The number of nitrogens with zero attached hydrogens (tertiary/aromatic N) is 1. The molecule has 0 atom stereocenters. The number of ether oxygens (including phenoxy) is 2. The van der Waals surface area contributed by atoms with Gasteiger partial charge in [0, 0.05) is 12.5 Å². The van der Waals surface area contributed by atoms with Crippen molar-refractivity contribution >= 4 is 11.7 Å². The van der Waals surface area contributed by atoms with Crippen LogP contribution in [-0.2, 0) is 4.74 Å². The number of hydrogen-bond acceptors (Lipinski definition) is 4. The maximum atomic E-state index is 5.46. The number of hydrogen-bond donors (Lipinski definition) is 1. The van der Waals surface area contributed by atoms with E-state index in [1.54, 1.807) is 6.92 Å². The van der Waals surface area contributed by atoms with Gasteiger partial charge in [-0.2, -0.15) is 0 Å². The first-order valence-corrected chi connectivity index (χ1v) is 5.43. The third-order valence-corrected chi connectivity index (χ3v) is 2.25. The Bertz CT molecular complexity index is 439. The van der Waals surface area contributed by atoms with Crippen LogP contribution in [0.15, 0.2) is 29.9 Å². The maximum Gasteiger partial charge on any atom is 0.208 e. The second kappa shape index (κ2) is 5.94. The molecule has 92 valence electrons. The van der Waals surface area contributed by atoms with Crippen LogP contribution in [0.4, 0.5) is 0 Å². The summed E-state index contributed by atoms with van der Waals surface area (Å²) in [5.74, 6) is 6.86. The molecule has 0 spiro atoms. The zero-order chi connectivity index (χ0) is 12.8. The third-order valence-electron chi connectivity index (χ3n) is 2.25. The van der Waals surface area contributed by atoms with Gasteiger partial charge in [-0.05, 0) is 37.6 Å². The van der Waals surface area contributed by atoms with Crippen LogP contribution in [-0.4, -0.2) is 12.5 Å². The van der Waals surface area contributed by atoms with Crippen molar-refractivity contribution in [1.82, 2.24) is 0 Å². The molecule has 0 radical (unpaired) electrons. The van der Waals surface area contributed by atoms with E-state index in [9.17, 15) is 0 Å². The number of rotatable bonds is 4. The maximum absolute atomic E-state index is 5.46. The van der Waals surface area contributed by atoms with Crippen LogP contribution in [0.3, 0.4) is 0 Å². The summed E-state index contributed by atoms with van der Waals surface area (Å²) in [7, 11) is 0. The van der Waals surface area contributed by atoms with E-state index in [-0.39, 0.29) is 0 Å². The van der Waals surface area contributed by atoms with Crippen molar-refractivity contribution in [3.8, 4) is 5.75 Å². The molecule has 0 bridgehead atoms. The van der Waals surface area contributed by atoms with Gasteiger partial charge in [-0.25, -0.2) is 0 Å². The lowest BCUT2D eigenvalue weighted by molar-refractivity contribution is 0.338. The molecule has 0 aliphatic heterocycles. The molecule has 0 aromatic heterocycles. The Hall–Kier alpha value is -1.97. The topological polar surface area (TPSA) is 56.8 Å². The highest BCUT2D eigenvalue weighted by atomic mass is 16.5. The molecule has 0 saturated carbocycles. The van der Waals surface area contributed by atoms with Gasteiger partial charge in [0.1, 0.15) is 11.5 Å². The lowest BCUT2D eigenvalue weighted by atomic mass is 10.1. The minimum atomic E-state index is 0.376. The minimum absolute atomic E-state index is 0.376. The van der Waals surface area contributed by atoms with Crippen LogP contribution >= 0.6 is 0 Å². The fourth-order valence-corrected chi connectivity index (χ4v) is 1.40. The lowest BCUT2D eigenvalue weighted by Crippen LogP contribution is -2.02. The SMILES string of the molecule is C=C(O/C(C)=N\N)c1ccc(OCC)c(C)c1. The van der Waals surface area contributed by atoms with Gasteiger partial charge >= 0.3 is 0 Å². The van der Waals surface area contributed by atoms with Crippen molar-refractivity contribution in [3.63, 3.8) is 0 Å². The Balaban J connectivity index is 2.86. The fourth-order valence-electron chi connectivity index (χ4n) is 1.40. The van der Waals surface area contributed by atoms with Gasteiger partial charge in [-0.1, -0.05) is 6.58 Å². The molecule has 4 heteroatoms. The molecular formula is C13H18N2O2. The lowest BCUT2D eigenvalue weighted by Gasteiger charge is -2.11. The first kappa shape index (κ1) is 13.1. The highest BCUT2D eigenvalue weighted by Crippen LogP contribution is 2.23. The molecule has 0 saturated heterocycles. The first-order chi connectivity index (χ1) is 8.08. The van der Waals surface area contributed by atoms with Crippen molar-refractivity contribution < 1.29 is 9.47 Å². The predicted molar refractivity (Wildman–Crippen MR) is 69.8 cm³/mol. The van der Waals surface area contributed by atoms with Crippen LogP contribution < -0.4 is 10.6 Å². The fraction of sp³-hybridized carbons (Fsp3) is 0.308. The zero-order valence-electron chi connectivity index (χ0n) is 10.5. The van der Waals surface area contributed by atoms with E-state index in [0.717, 1.165) is 16.9 Å². The van der Waals surface area contributed by atoms with Crippen LogP contribution in [0.1, 0.15) is 25.0 Å². The smallest absolute Gasteiger partial charge is 0.208 e. The van der Waals surface area contributed by atoms with Crippen molar-refractivity contribution in [2.45, 2.75) is 20.8 Å². The quantitative estimate of drug-likeness (QED) is 0.286. The zero-order valence-corrected chi connectivity index (χ0v) is 10.5. The Kier molecular flexibility index (Phi) is 4.57. The van der Waals surface area contributed by atoms with Crippen molar-refractivity contribution in [2.24, 2.45) is 10.9 Å². The van der Waals surface area contributed by atoms with Crippen molar-refractivity contribution in [2.75, 3.05) is 6.61 Å². The van der Waals surface area contributed by atoms with Crippen LogP contribution in [0.25, 0.3) is 5.76 Å². The Morgan fingerprint density at radius 2 is 2.18 bits per heavy atom. The van der Waals surface area contributed by atoms with E-state index in [2.05, 4.69) is 11.7 Å². The summed E-state index contributed by atoms with van der Waals surface area (Å²) in [6.07, 6.45) is 0. The standard InChI is InChI=1S/C13H18N2O2/c1-5-16-13-7-6-12(8-9(13)2)10(3)17-11(4)15-14/h6-8H,3,5,14H2,1-2,4H3/b15-11-. The number of aryl methyl sites for hydroxylation is 1. The van der Waals surface area contributed by atoms with Crippen molar-refractivity contribution in [3.05, 3.63) is 35.9 Å². The summed E-state index contributed by atoms with van der Waals surface area (Å²) in [6.45, 7) is 10.1. The summed E-state index contributed by atoms with van der Waals surface area (Å²) in [5.41, 5.74) is 1.92. The number of nitrogens with two attached hydrogens (primary N) is 1. The highest BCUT2D eigenvalue weighted by Gasteiger charge is 2.05. The monoisotopic (exact) mass is 234 g/mol. The van der Waals surface area contributed by atoms with Gasteiger partial charge in [0.05, 0.1) is 6.61 Å². The van der Waals surface area contributed by atoms with Crippen molar-refractivity contribution in [1.29, 1.82) is 0 Å². The molecule has 0 fully saturated rings. The number of benzene rings is 1. The molecule has 2 N–H and O–H groups in total. The van der Waals surface area contributed by atoms with Gasteiger partial charge < -0.3 is 15.3 Å².